The molecule has 10 heteroatoms. The van der Waals surface area contributed by atoms with Gasteiger partial charge in [0.15, 0.2) is 0 Å². The van der Waals surface area contributed by atoms with E-state index < -0.39 is 15.8 Å². The summed E-state index contributed by atoms with van der Waals surface area (Å²) in [6, 6.07) is 7.59. The lowest BCUT2D eigenvalue weighted by Gasteiger charge is -2.19. The van der Waals surface area contributed by atoms with E-state index in [2.05, 4.69) is 0 Å². The quantitative estimate of drug-likeness (QED) is 0.560. The SMILES string of the molecule is COc1ccc([N+](=O)[O-])cc1C(=O)N(C)Cc1cc([N+](=O)[O-])ccc1Cl. The Labute approximate surface area is 153 Å². The number of carbonyl (C=O) groups is 1. The van der Waals surface area contributed by atoms with E-state index in [4.69, 9.17) is 16.3 Å². The van der Waals surface area contributed by atoms with Gasteiger partial charge >= 0.3 is 0 Å². The van der Waals surface area contributed by atoms with Crippen LogP contribution in [0.1, 0.15) is 15.9 Å². The fourth-order valence-electron chi connectivity index (χ4n) is 2.31. The molecule has 2 aromatic rings. The first-order valence-corrected chi connectivity index (χ1v) is 7.63. The molecule has 0 saturated carbocycles. The van der Waals surface area contributed by atoms with Crippen molar-refractivity contribution in [2.75, 3.05) is 14.2 Å². The Morgan fingerprint density at radius 3 is 2.27 bits per heavy atom. The van der Waals surface area contributed by atoms with Crippen LogP contribution in [0.5, 0.6) is 5.75 Å². The molecule has 0 saturated heterocycles. The van der Waals surface area contributed by atoms with Crippen LogP contribution >= 0.6 is 11.6 Å². The van der Waals surface area contributed by atoms with Gasteiger partial charge in [-0.25, -0.2) is 0 Å². The average molecular weight is 380 g/mol. The van der Waals surface area contributed by atoms with Crippen LogP contribution in [0.25, 0.3) is 0 Å². The van der Waals surface area contributed by atoms with Gasteiger partial charge in [-0.2, -0.15) is 0 Å². The molecular weight excluding hydrogens is 366 g/mol. The Morgan fingerprint density at radius 2 is 1.69 bits per heavy atom. The third-order valence-corrected chi connectivity index (χ3v) is 3.99. The fourth-order valence-corrected chi connectivity index (χ4v) is 2.48. The number of hydrogen-bond acceptors (Lipinski definition) is 6. The molecular formula is C16H14ClN3O6. The molecule has 0 aliphatic heterocycles. The smallest absolute Gasteiger partial charge is 0.270 e. The van der Waals surface area contributed by atoms with Gasteiger partial charge in [-0.1, -0.05) is 11.6 Å². The molecule has 0 spiro atoms. The monoisotopic (exact) mass is 379 g/mol. The van der Waals surface area contributed by atoms with E-state index in [0.29, 0.717) is 5.56 Å². The summed E-state index contributed by atoms with van der Waals surface area (Å²) in [5.41, 5.74) is -0.0269. The van der Waals surface area contributed by atoms with Crippen molar-refractivity contribution in [3.05, 3.63) is 72.8 Å². The Morgan fingerprint density at radius 1 is 1.12 bits per heavy atom. The summed E-state index contributed by atoms with van der Waals surface area (Å²) in [5.74, 6) is -0.370. The van der Waals surface area contributed by atoms with Gasteiger partial charge in [0.05, 0.1) is 22.5 Å². The summed E-state index contributed by atoms with van der Waals surface area (Å²) < 4.78 is 5.09. The second-order valence-corrected chi connectivity index (χ2v) is 5.74. The van der Waals surface area contributed by atoms with Crippen molar-refractivity contribution in [2.24, 2.45) is 0 Å². The highest BCUT2D eigenvalue weighted by Gasteiger charge is 2.22. The number of nitro benzene ring substituents is 2. The van der Waals surface area contributed by atoms with E-state index >= 15 is 0 Å². The van der Waals surface area contributed by atoms with Crippen LogP contribution in [0.15, 0.2) is 36.4 Å². The lowest BCUT2D eigenvalue weighted by atomic mass is 10.1. The second-order valence-electron chi connectivity index (χ2n) is 5.34. The molecule has 1 amide bonds. The summed E-state index contributed by atoms with van der Waals surface area (Å²) in [6.07, 6.45) is 0. The van der Waals surface area contributed by atoms with Gasteiger partial charge < -0.3 is 9.64 Å². The highest BCUT2D eigenvalue weighted by molar-refractivity contribution is 6.31. The van der Waals surface area contributed by atoms with Gasteiger partial charge in [0, 0.05) is 42.9 Å². The average Bonchev–Trinajstić information content (AvgIpc) is 2.61. The molecule has 0 aliphatic carbocycles. The van der Waals surface area contributed by atoms with Crippen LogP contribution in [0.3, 0.4) is 0 Å². The molecule has 2 rings (SSSR count). The molecule has 0 heterocycles. The first-order valence-electron chi connectivity index (χ1n) is 7.25. The molecule has 26 heavy (non-hydrogen) atoms. The number of benzene rings is 2. The van der Waals surface area contributed by atoms with Crippen molar-refractivity contribution in [2.45, 2.75) is 6.54 Å². The molecule has 0 bridgehead atoms. The molecule has 0 aliphatic rings. The maximum Gasteiger partial charge on any atom is 0.270 e. The number of hydrogen-bond donors (Lipinski definition) is 0. The molecule has 0 N–H and O–H groups in total. The van der Waals surface area contributed by atoms with Crippen LogP contribution in [0, 0.1) is 20.2 Å². The molecule has 0 unspecified atom stereocenters. The third kappa shape index (κ3) is 4.06. The summed E-state index contributed by atoms with van der Waals surface area (Å²) in [7, 11) is 2.80. The van der Waals surface area contributed by atoms with E-state index in [1.54, 1.807) is 0 Å². The lowest BCUT2D eigenvalue weighted by molar-refractivity contribution is -0.385. The van der Waals surface area contributed by atoms with Gasteiger partial charge in [0.25, 0.3) is 17.3 Å². The van der Waals surface area contributed by atoms with Crippen LogP contribution in [-0.2, 0) is 6.54 Å². The minimum absolute atomic E-state index is 0.00533. The van der Waals surface area contributed by atoms with Crippen LogP contribution in [0.2, 0.25) is 5.02 Å². The highest BCUT2D eigenvalue weighted by atomic mass is 35.5. The largest absolute Gasteiger partial charge is 0.496 e. The first-order chi connectivity index (χ1) is 12.2. The molecule has 0 radical (unpaired) electrons. The molecule has 9 nitrogen and oxygen atoms in total. The van der Waals surface area contributed by atoms with Gasteiger partial charge in [-0.05, 0) is 17.7 Å². The Hall–Kier alpha value is -3.20. The predicted octanol–water partition coefficient (Wildman–Crippen LogP) is 3.44. The normalized spacial score (nSPS) is 10.3. The molecule has 0 aromatic heterocycles. The van der Waals surface area contributed by atoms with E-state index in [1.807, 2.05) is 0 Å². The van der Waals surface area contributed by atoms with Crippen LogP contribution in [-0.4, -0.2) is 34.8 Å². The van der Waals surface area contributed by atoms with E-state index in [9.17, 15) is 25.0 Å². The number of rotatable bonds is 6. The number of methoxy groups -OCH3 is 1. The zero-order valence-electron chi connectivity index (χ0n) is 13.8. The Kier molecular flexibility index (Phi) is 5.73. The second kappa shape index (κ2) is 7.79. The van der Waals surface area contributed by atoms with Crippen molar-refractivity contribution in [3.8, 4) is 5.75 Å². The number of nitrogens with zero attached hydrogens (tertiary/aromatic N) is 3. The molecule has 0 atom stereocenters. The van der Waals surface area contributed by atoms with Crippen molar-refractivity contribution in [3.63, 3.8) is 0 Å². The molecule has 2 aromatic carbocycles. The Bertz CT molecular complexity index is 886. The number of carbonyl (C=O) groups excluding carboxylic acids is 1. The predicted molar refractivity (Wildman–Crippen MR) is 93.6 cm³/mol. The zero-order valence-corrected chi connectivity index (χ0v) is 14.6. The number of non-ortho nitro benzene ring substituents is 2. The van der Waals surface area contributed by atoms with Gasteiger partial charge in [0.2, 0.25) is 0 Å². The molecule has 136 valence electrons. The van der Waals surface area contributed by atoms with Gasteiger partial charge in [-0.3, -0.25) is 25.0 Å². The zero-order chi connectivity index (χ0) is 19.4. The minimum Gasteiger partial charge on any atom is -0.496 e. The van der Waals surface area contributed by atoms with E-state index in [0.717, 1.165) is 6.07 Å². The fraction of sp³-hybridized carbons (Fsp3) is 0.188. The van der Waals surface area contributed by atoms with Crippen molar-refractivity contribution in [1.82, 2.24) is 4.90 Å². The van der Waals surface area contributed by atoms with Crippen molar-refractivity contribution < 1.29 is 19.4 Å². The van der Waals surface area contributed by atoms with Crippen molar-refractivity contribution in [1.29, 1.82) is 0 Å². The number of nitro groups is 2. The lowest BCUT2D eigenvalue weighted by Crippen LogP contribution is -2.27. The standard InChI is InChI=1S/C16H14ClN3O6/c1-18(9-10-7-11(19(22)23)3-5-14(10)17)16(21)13-8-12(20(24)25)4-6-15(13)26-2/h3-8H,9H2,1-2H3. The minimum atomic E-state index is -0.617. The maximum atomic E-state index is 12.7. The van der Waals surface area contributed by atoms with Crippen LogP contribution in [0.4, 0.5) is 11.4 Å². The topological polar surface area (TPSA) is 116 Å². The Balaban J connectivity index is 2.33. The van der Waals surface area contributed by atoms with Gasteiger partial charge in [-0.15, -0.1) is 0 Å². The van der Waals surface area contributed by atoms with E-state index in [1.165, 1.54) is 49.4 Å². The summed E-state index contributed by atoms with van der Waals surface area (Å²) >= 11 is 6.05. The first kappa shape index (κ1) is 19.1. The van der Waals surface area contributed by atoms with Crippen LogP contribution < -0.4 is 4.74 Å². The van der Waals surface area contributed by atoms with Crippen molar-refractivity contribution >= 4 is 28.9 Å². The maximum absolute atomic E-state index is 12.7. The number of amides is 1. The summed E-state index contributed by atoms with van der Waals surface area (Å²) in [4.78, 5) is 34.6. The van der Waals surface area contributed by atoms with E-state index in [-0.39, 0.29) is 34.3 Å². The molecule has 0 fully saturated rings. The summed E-state index contributed by atoms with van der Waals surface area (Å²) in [5, 5.41) is 22.1. The van der Waals surface area contributed by atoms with Gasteiger partial charge in [0.1, 0.15) is 5.75 Å². The number of halogens is 1. The number of ether oxygens (including phenoxy) is 1. The highest BCUT2D eigenvalue weighted by Crippen LogP contribution is 2.27. The summed E-state index contributed by atoms with van der Waals surface area (Å²) in [6.45, 7) is -0.0226. The third-order valence-electron chi connectivity index (χ3n) is 3.62.